The van der Waals surface area contributed by atoms with Crippen molar-refractivity contribution in [2.45, 2.75) is 200 Å². The summed E-state index contributed by atoms with van der Waals surface area (Å²) in [5.74, 6) is -5.33. The van der Waals surface area contributed by atoms with Crippen LogP contribution in [0.1, 0.15) is 122 Å². The third-order valence-electron chi connectivity index (χ3n) is 14.1. The summed E-state index contributed by atoms with van der Waals surface area (Å²) >= 11 is 0. The fourth-order valence-electron chi connectivity index (χ4n) is 10.9. The highest BCUT2D eigenvalue weighted by Gasteiger charge is 2.55. The summed E-state index contributed by atoms with van der Waals surface area (Å²) in [7, 11) is 5.39. The lowest BCUT2D eigenvalue weighted by atomic mass is 9.73. The number of carbonyl (C=O) groups is 4. The second-order valence-corrected chi connectivity index (χ2v) is 20.2. The van der Waals surface area contributed by atoms with Crippen LogP contribution in [0.15, 0.2) is 17.3 Å². The van der Waals surface area contributed by atoms with Crippen LogP contribution < -0.4 is 0 Å². The number of oxime groups is 1. The van der Waals surface area contributed by atoms with E-state index in [1.54, 1.807) is 21.0 Å². The highest BCUT2D eigenvalue weighted by molar-refractivity contribution is 5.89. The first kappa shape index (κ1) is 54.6. The standard InChI is InChI=1S/C48H80N2O15/c1-18-37-48(14,55)43-29(6)38(49-65-34(11)53)27(4)21-47(13,58-24-25(2)23-57-43)42(64-45-40(60-32(9)51)36(50(15)16)20-28(5)59-45)30(7)39(31(8)44(54)63-37)62-35-19-26(3)41(61-33(10)52)46(12,22-35)56-17/h26-31,35-37,39-43,45,55H,2,18-24H2,1,3-17H3/t26-,27-,28-,29+,30+,31-,35-,36+,37-,39+,40-,41+,42-,43-,45+,46-,47-,48-/m1/s1. The summed E-state index contributed by atoms with van der Waals surface area (Å²) in [6.45, 7) is 26.7. The lowest BCUT2D eigenvalue weighted by Gasteiger charge is -2.50. The molecule has 1 aliphatic carbocycles. The third kappa shape index (κ3) is 12.9. The number of carbonyl (C=O) groups excluding carboxylic acids is 4. The van der Waals surface area contributed by atoms with Gasteiger partial charge in [-0.1, -0.05) is 46.4 Å². The lowest BCUT2D eigenvalue weighted by molar-refractivity contribution is -0.307. The number of nitrogens with zero attached hydrogens (tertiary/aromatic N) is 2. The minimum absolute atomic E-state index is 0.00265. The van der Waals surface area contributed by atoms with Gasteiger partial charge in [0.1, 0.15) is 23.4 Å². The van der Waals surface area contributed by atoms with Crippen LogP contribution in [0.5, 0.6) is 0 Å². The van der Waals surface area contributed by atoms with E-state index < -0.39 is 113 Å². The van der Waals surface area contributed by atoms with E-state index in [1.165, 1.54) is 20.8 Å². The Labute approximate surface area is 386 Å². The minimum Gasteiger partial charge on any atom is -0.459 e. The molecule has 1 saturated carbocycles. The molecule has 4 fully saturated rings. The number of hydrogen-bond donors (Lipinski definition) is 1. The van der Waals surface area contributed by atoms with Gasteiger partial charge in [-0.15, -0.1) is 0 Å². The van der Waals surface area contributed by atoms with Crippen LogP contribution in [0.4, 0.5) is 0 Å². The van der Waals surface area contributed by atoms with Crippen LogP contribution in [0.25, 0.3) is 0 Å². The highest BCUT2D eigenvalue weighted by atomic mass is 16.7. The Balaban J connectivity index is 2.03. The van der Waals surface area contributed by atoms with Gasteiger partial charge in [0.05, 0.1) is 67.0 Å². The lowest BCUT2D eigenvalue weighted by Crippen LogP contribution is -2.62. The number of cyclic esters (lactones) is 1. The van der Waals surface area contributed by atoms with Gasteiger partial charge in [-0.2, -0.15) is 0 Å². The molecule has 1 N–H and O–H groups in total. The second kappa shape index (κ2) is 22.4. The first-order valence-corrected chi connectivity index (χ1v) is 23.3. The minimum atomic E-state index is -1.80. The van der Waals surface area contributed by atoms with Crippen LogP contribution in [0.3, 0.4) is 0 Å². The summed E-state index contributed by atoms with van der Waals surface area (Å²) in [5.41, 5.74) is -3.10. The molecule has 0 spiro atoms. The zero-order valence-corrected chi connectivity index (χ0v) is 41.9. The average Bonchev–Trinajstić information content (AvgIpc) is 3.22. The Bertz CT molecular complexity index is 1710. The van der Waals surface area contributed by atoms with Gasteiger partial charge >= 0.3 is 23.9 Å². The van der Waals surface area contributed by atoms with E-state index in [-0.39, 0.29) is 44.1 Å². The maximum absolute atomic E-state index is 14.8. The molecule has 18 atom stereocenters. The van der Waals surface area contributed by atoms with E-state index in [2.05, 4.69) is 11.7 Å². The van der Waals surface area contributed by atoms with Gasteiger partial charge in [0, 0.05) is 52.1 Å². The Hall–Kier alpha value is -3.03. The van der Waals surface area contributed by atoms with E-state index in [1.807, 2.05) is 74.4 Å². The molecule has 0 unspecified atom stereocenters. The molecule has 0 aromatic rings. The fourth-order valence-corrected chi connectivity index (χ4v) is 10.9. The van der Waals surface area contributed by atoms with E-state index in [4.69, 9.17) is 47.5 Å². The zero-order chi connectivity index (χ0) is 48.9. The second-order valence-electron chi connectivity index (χ2n) is 20.2. The van der Waals surface area contributed by atoms with Gasteiger partial charge in [-0.25, -0.2) is 4.79 Å². The summed E-state index contributed by atoms with van der Waals surface area (Å²) < 4.78 is 59.0. The number of ether oxygens (including phenoxy) is 9. The normalized spacial score (nSPS) is 43.1. The number of esters is 3. The van der Waals surface area contributed by atoms with Crippen molar-refractivity contribution in [2.75, 3.05) is 34.4 Å². The molecule has 17 nitrogen and oxygen atoms in total. The molecule has 4 aliphatic rings. The first-order valence-electron chi connectivity index (χ1n) is 23.3. The molecule has 65 heavy (non-hydrogen) atoms. The number of likely N-dealkylation sites (N-methyl/N-ethyl adjacent to an activating group) is 1. The van der Waals surface area contributed by atoms with E-state index in [0.717, 1.165) is 0 Å². The van der Waals surface area contributed by atoms with Gasteiger partial charge in [0.2, 0.25) is 0 Å². The quantitative estimate of drug-likeness (QED) is 0.0940. The van der Waals surface area contributed by atoms with Gasteiger partial charge in [0.15, 0.2) is 12.4 Å². The van der Waals surface area contributed by atoms with Crippen molar-refractivity contribution in [3.63, 3.8) is 0 Å². The predicted octanol–water partition coefficient (Wildman–Crippen LogP) is 5.56. The Morgan fingerprint density at radius 1 is 0.877 bits per heavy atom. The highest BCUT2D eigenvalue weighted by Crippen LogP contribution is 2.45. The van der Waals surface area contributed by atoms with Crippen molar-refractivity contribution >= 4 is 29.6 Å². The number of fused-ring (bicyclic) bond motifs is 5. The maximum atomic E-state index is 14.8. The molecule has 3 aliphatic heterocycles. The number of methoxy groups -OCH3 is 1. The molecule has 2 bridgehead atoms. The monoisotopic (exact) mass is 925 g/mol. The topological polar surface area (TPSA) is 196 Å². The van der Waals surface area contributed by atoms with Crippen molar-refractivity contribution in [2.24, 2.45) is 34.7 Å². The number of aliphatic hydroxyl groups is 1. The van der Waals surface area contributed by atoms with Crippen molar-refractivity contribution in [1.82, 2.24) is 4.90 Å². The van der Waals surface area contributed by atoms with Gasteiger partial charge in [-0.05, 0) is 85.9 Å². The maximum Gasteiger partial charge on any atom is 0.331 e. The smallest absolute Gasteiger partial charge is 0.331 e. The zero-order valence-electron chi connectivity index (χ0n) is 41.9. The van der Waals surface area contributed by atoms with Crippen molar-refractivity contribution < 1.29 is 71.8 Å². The molecular weight excluding hydrogens is 845 g/mol. The molecule has 3 saturated heterocycles. The van der Waals surface area contributed by atoms with Crippen LogP contribution in [-0.2, 0) is 66.6 Å². The van der Waals surface area contributed by atoms with E-state index >= 15 is 0 Å². The molecule has 0 aromatic carbocycles. The van der Waals surface area contributed by atoms with E-state index in [9.17, 15) is 24.3 Å². The molecule has 17 heteroatoms. The van der Waals surface area contributed by atoms with Crippen LogP contribution in [0, 0.1) is 29.6 Å². The molecule has 3 heterocycles. The van der Waals surface area contributed by atoms with Crippen LogP contribution in [-0.4, -0.2) is 152 Å². The van der Waals surface area contributed by atoms with Crippen molar-refractivity contribution in [3.05, 3.63) is 12.2 Å². The summed E-state index contributed by atoms with van der Waals surface area (Å²) in [6.07, 6.45) is -5.72. The van der Waals surface area contributed by atoms with Crippen molar-refractivity contribution in [3.8, 4) is 0 Å². The van der Waals surface area contributed by atoms with Crippen molar-refractivity contribution in [1.29, 1.82) is 0 Å². The molecule has 0 radical (unpaired) electrons. The molecule has 0 amide bonds. The first-order chi connectivity index (χ1) is 30.2. The van der Waals surface area contributed by atoms with Gasteiger partial charge in [-0.3, -0.25) is 14.4 Å². The van der Waals surface area contributed by atoms with Crippen LogP contribution >= 0.6 is 0 Å². The van der Waals surface area contributed by atoms with E-state index in [0.29, 0.717) is 30.5 Å². The predicted molar refractivity (Wildman–Crippen MR) is 239 cm³/mol. The summed E-state index contributed by atoms with van der Waals surface area (Å²) in [4.78, 5) is 59.6. The Morgan fingerprint density at radius 2 is 1.52 bits per heavy atom. The fraction of sp³-hybridized carbons (Fsp3) is 0.854. The molecule has 372 valence electrons. The summed E-state index contributed by atoms with van der Waals surface area (Å²) in [6, 6.07) is -0.292. The number of hydrogen-bond acceptors (Lipinski definition) is 17. The Morgan fingerprint density at radius 3 is 2.09 bits per heavy atom. The molecular formula is C48H80N2O15. The Kier molecular flexibility index (Phi) is 18.8. The average molecular weight is 925 g/mol. The van der Waals surface area contributed by atoms with Crippen LogP contribution in [0.2, 0.25) is 0 Å². The number of rotatable bonds is 10. The van der Waals surface area contributed by atoms with Gasteiger partial charge in [0.25, 0.3) is 0 Å². The molecule has 0 aromatic heterocycles. The summed E-state index contributed by atoms with van der Waals surface area (Å²) in [5, 5.41) is 17.0. The molecule has 4 rings (SSSR count). The third-order valence-corrected chi connectivity index (χ3v) is 14.1. The van der Waals surface area contributed by atoms with Gasteiger partial charge < -0.3 is 57.5 Å². The SMILES string of the molecule is C=C1CO[C@@H]2[C@@H](C)C(=NOC(C)=O)[C@H](C)C[C@@](C)(OC1)[C@H](O[C@@H]1O[C@H](C)C[C@H](N(C)C)[C@H]1OC(C)=O)[C@@H](C)[C@H](O[C@@H]1C[C@@H](C)[C@H](OC(C)=O)[C@](C)(OC)C1)[C@@H](C)C(=O)O[C@H](CC)[C@@]2(C)O. The largest absolute Gasteiger partial charge is 0.459 e.